The van der Waals surface area contributed by atoms with Crippen LogP contribution in [-0.2, 0) is 9.59 Å². The molecule has 0 bridgehead atoms. The standard InChI is InChI=1S/C19H23NO3/c21-18(9-14-8-15(14)12-4-2-1-3-5-12)20-10-16(13-6-7-13)17(11-20)19(22)23/h1-5,13-17H,6-11H2,(H,22,23)/t14-,15-,16+,17-/m0/s1. The van der Waals surface area contributed by atoms with Crippen LogP contribution in [0.2, 0.25) is 0 Å². The van der Waals surface area contributed by atoms with Gasteiger partial charge in [0.15, 0.2) is 0 Å². The highest BCUT2D eigenvalue weighted by molar-refractivity contribution is 5.79. The van der Waals surface area contributed by atoms with Crippen molar-refractivity contribution in [3.05, 3.63) is 35.9 Å². The van der Waals surface area contributed by atoms with Gasteiger partial charge in [-0.15, -0.1) is 0 Å². The number of hydrogen-bond donors (Lipinski definition) is 1. The molecule has 2 saturated carbocycles. The number of carboxylic acids is 1. The third-order valence-corrected chi connectivity index (χ3v) is 5.85. The van der Waals surface area contributed by atoms with E-state index < -0.39 is 5.97 Å². The van der Waals surface area contributed by atoms with E-state index in [0.29, 0.717) is 37.3 Å². The Hall–Kier alpha value is -1.84. The van der Waals surface area contributed by atoms with Gasteiger partial charge in [0.2, 0.25) is 5.91 Å². The molecule has 0 spiro atoms. The largest absolute Gasteiger partial charge is 0.481 e. The van der Waals surface area contributed by atoms with Gasteiger partial charge in [0, 0.05) is 19.5 Å². The Morgan fingerprint density at radius 2 is 1.87 bits per heavy atom. The zero-order chi connectivity index (χ0) is 16.0. The lowest BCUT2D eigenvalue weighted by molar-refractivity contribution is -0.142. The van der Waals surface area contributed by atoms with E-state index in [1.54, 1.807) is 0 Å². The molecule has 0 unspecified atom stereocenters. The van der Waals surface area contributed by atoms with Crippen molar-refractivity contribution < 1.29 is 14.7 Å². The minimum absolute atomic E-state index is 0.155. The summed E-state index contributed by atoms with van der Waals surface area (Å²) >= 11 is 0. The van der Waals surface area contributed by atoms with Crippen LogP contribution in [-0.4, -0.2) is 35.0 Å². The summed E-state index contributed by atoms with van der Waals surface area (Å²) in [4.78, 5) is 25.8. The Labute approximate surface area is 136 Å². The van der Waals surface area contributed by atoms with Crippen molar-refractivity contribution in [3.63, 3.8) is 0 Å². The Balaban J connectivity index is 1.34. The first-order valence-corrected chi connectivity index (χ1v) is 8.69. The summed E-state index contributed by atoms with van der Waals surface area (Å²) in [6.45, 7) is 1.07. The predicted octanol–water partition coefficient (Wildman–Crippen LogP) is 2.75. The number of aliphatic carboxylic acids is 1. The first-order valence-electron chi connectivity index (χ1n) is 8.69. The predicted molar refractivity (Wildman–Crippen MR) is 85.8 cm³/mol. The lowest BCUT2D eigenvalue weighted by Crippen LogP contribution is -2.30. The van der Waals surface area contributed by atoms with Crippen molar-refractivity contribution in [2.75, 3.05) is 13.1 Å². The summed E-state index contributed by atoms with van der Waals surface area (Å²) in [5.41, 5.74) is 1.32. The maximum Gasteiger partial charge on any atom is 0.308 e. The van der Waals surface area contributed by atoms with Gasteiger partial charge in [0.25, 0.3) is 0 Å². The number of likely N-dealkylation sites (tertiary alicyclic amines) is 1. The fourth-order valence-corrected chi connectivity index (χ4v) is 4.23. The van der Waals surface area contributed by atoms with Crippen LogP contribution >= 0.6 is 0 Å². The number of nitrogens with zero attached hydrogens (tertiary/aromatic N) is 1. The number of carbonyl (C=O) groups is 2. The van der Waals surface area contributed by atoms with Crippen molar-refractivity contribution in [2.45, 2.75) is 31.6 Å². The summed E-state index contributed by atoms with van der Waals surface area (Å²) in [7, 11) is 0. The molecule has 3 aliphatic rings. The molecule has 4 rings (SSSR count). The summed E-state index contributed by atoms with van der Waals surface area (Å²) in [5, 5.41) is 9.41. The Bertz CT molecular complexity index is 610. The van der Waals surface area contributed by atoms with E-state index in [0.717, 1.165) is 19.3 Å². The lowest BCUT2D eigenvalue weighted by Gasteiger charge is -2.16. The highest BCUT2D eigenvalue weighted by Crippen LogP contribution is 2.50. The first kappa shape index (κ1) is 14.7. The molecule has 4 heteroatoms. The van der Waals surface area contributed by atoms with E-state index in [4.69, 9.17) is 0 Å². The van der Waals surface area contributed by atoms with Crippen molar-refractivity contribution >= 4 is 11.9 Å². The number of carbonyl (C=O) groups excluding carboxylic acids is 1. The summed E-state index contributed by atoms with van der Waals surface area (Å²) in [6, 6.07) is 10.4. The van der Waals surface area contributed by atoms with Gasteiger partial charge in [-0.1, -0.05) is 30.3 Å². The van der Waals surface area contributed by atoms with E-state index >= 15 is 0 Å². The molecule has 0 radical (unpaired) electrons. The Morgan fingerprint density at radius 3 is 2.52 bits per heavy atom. The van der Waals surface area contributed by atoms with Gasteiger partial charge in [0.1, 0.15) is 0 Å². The highest BCUT2D eigenvalue weighted by atomic mass is 16.4. The van der Waals surface area contributed by atoms with Gasteiger partial charge in [-0.3, -0.25) is 9.59 Å². The fraction of sp³-hybridized carbons (Fsp3) is 0.579. The summed E-state index contributed by atoms with van der Waals surface area (Å²) in [6.07, 6.45) is 3.92. The smallest absolute Gasteiger partial charge is 0.308 e. The van der Waals surface area contributed by atoms with Gasteiger partial charge in [-0.2, -0.15) is 0 Å². The van der Waals surface area contributed by atoms with Crippen LogP contribution < -0.4 is 0 Å². The van der Waals surface area contributed by atoms with E-state index in [9.17, 15) is 14.7 Å². The lowest BCUT2D eigenvalue weighted by atomic mass is 9.92. The highest BCUT2D eigenvalue weighted by Gasteiger charge is 2.48. The third-order valence-electron chi connectivity index (χ3n) is 5.85. The topological polar surface area (TPSA) is 57.6 Å². The van der Waals surface area contributed by atoms with Gasteiger partial charge < -0.3 is 10.0 Å². The molecule has 4 atom stereocenters. The number of rotatable bonds is 5. The minimum atomic E-state index is -0.731. The average molecular weight is 313 g/mol. The molecule has 0 aromatic heterocycles. The van der Waals surface area contributed by atoms with E-state index in [2.05, 4.69) is 12.1 Å². The second-order valence-electron chi connectivity index (χ2n) is 7.46. The first-order chi connectivity index (χ1) is 11.1. The molecule has 2 aliphatic carbocycles. The molecule has 1 heterocycles. The molecule has 1 N–H and O–H groups in total. The van der Waals surface area contributed by atoms with Gasteiger partial charge >= 0.3 is 5.97 Å². The van der Waals surface area contributed by atoms with Gasteiger partial charge in [0.05, 0.1) is 5.92 Å². The monoisotopic (exact) mass is 313 g/mol. The molecule has 1 aromatic rings. The average Bonchev–Trinajstić information content (AvgIpc) is 3.47. The molecule has 23 heavy (non-hydrogen) atoms. The van der Waals surface area contributed by atoms with Crippen LogP contribution in [0.15, 0.2) is 30.3 Å². The summed E-state index contributed by atoms with van der Waals surface area (Å²) in [5.74, 6) is 0.738. The van der Waals surface area contributed by atoms with Gasteiger partial charge in [-0.05, 0) is 48.5 Å². The maximum atomic E-state index is 12.6. The SMILES string of the molecule is O=C(O)[C@H]1CN(C(=O)C[C@@H]2C[C@H]2c2ccccc2)C[C@@H]1C1CC1. The molecule has 1 aromatic carbocycles. The van der Waals surface area contributed by atoms with Crippen molar-refractivity contribution in [1.82, 2.24) is 4.90 Å². The molecule has 1 amide bonds. The molecule has 1 aliphatic heterocycles. The Morgan fingerprint density at radius 1 is 1.13 bits per heavy atom. The third kappa shape index (κ3) is 2.99. The molecular formula is C19H23NO3. The van der Waals surface area contributed by atoms with Crippen LogP contribution in [0.5, 0.6) is 0 Å². The molecule has 122 valence electrons. The van der Waals surface area contributed by atoms with Crippen LogP contribution in [0.3, 0.4) is 0 Å². The quantitative estimate of drug-likeness (QED) is 0.909. The molecule has 1 saturated heterocycles. The van der Waals surface area contributed by atoms with Crippen molar-refractivity contribution in [2.24, 2.45) is 23.7 Å². The maximum absolute atomic E-state index is 12.6. The fourth-order valence-electron chi connectivity index (χ4n) is 4.23. The zero-order valence-corrected chi connectivity index (χ0v) is 13.2. The number of carboxylic acid groups (broad SMARTS) is 1. The van der Waals surface area contributed by atoms with E-state index in [1.165, 1.54) is 5.56 Å². The second-order valence-corrected chi connectivity index (χ2v) is 7.46. The van der Waals surface area contributed by atoms with Crippen molar-refractivity contribution in [1.29, 1.82) is 0 Å². The number of amides is 1. The van der Waals surface area contributed by atoms with Crippen molar-refractivity contribution in [3.8, 4) is 0 Å². The van der Waals surface area contributed by atoms with Gasteiger partial charge in [-0.25, -0.2) is 0 Å². The van der Waals surface area contributed by atoms with E-state index in [-0.39, 0.29) is 17.7 Å². The van der Waals surface area contributed by atoms with E-state index in [1.807, 2.05) is 23.1 Å². The molecular weight excluding hydrogens is 290 g/mol. The van der Waals surface area contributed by atoms with Crippen LogP contribution in [0.25, 0.3) is 0 Å². The minimum Gasteiger partial charge on any atom is -0.481 e. The van der Waals surface area contributed by atoms with Crippen LogP contribution in [0.1, 0.15) is 37.2 Å². The number of benzene rings is 1. The molecule has 3 fully saturated rings. The van der Waals surface area contributed by atoms with Crippen LogP contribution in [0, 0.1) is 23.7 Å². The molecule has 4 nitrogen and oxygen atoms in total. The second kappa shape index (κ2) is 5.66. The summed E-state index contributed by atoms with van der Waals surface area (Å²) < 4.78 is 0. The normalized spacial score (nSPS) is 32.8. The van der Waals surface area contributed by atoms with Crippen LogP contribution in [0.4, 0.5) is 0 Å². The zero-order valence-electron chi connectivity index (χ0n) is 13.2. The Kier molecular flexibility index (Phi) is 3.63. The number of hydrogen-bond acceptors (Lipinski definition) is 2.